The molecule has 0 spiro atoms. The van der Waals surface area contributed by atoms with Crippen LogP contribution >= 0.6 is 0 Å². The van der Waals surface area contributed by atoms with E-state index in [0.29, 0.717) is 18.9 Å². The summed E-state index contributed by atoms with van der Waals surface area (Å²) in [4.78, 5) is 16.5. The van der Waals surface area contributed by atoms with Gasteiger partial charge >= 0.3 is 6.03 Å². The highest BCUT2D eigenvalue weighted by atomic mass is 19.1. The number of piperazine rings is 1. The van der Waals surface area contributed by atoms with Crippen molar-refractivity contribution in [2.75, 3.05) is 39.3 Å². The van der Waals surface area contributed by atoms with Crippen LogP contribution in [0.3, 0.4) is 0 Å². The van der Waals surface area contributed by atoms with Gasteiger partial charge in [-0.05, 0) is 36.2 Å². The third kappa shape index (κ3) is 6.25. The van der Waals surface area contributed by atoms with E-state index in [1.165, 1.54) is 12.1 Å². The van der Waals surface area contributed by atoms with E-state index < -0.39 is 0 Å². The SMILES string of the molecule is O=C(NCc1ccccc1)N1CCN(CCCOc2ccc(F)cc2)CC1. The van der Waals surface area contributed by atoms with E-state index in [-0.39, 0.29) is 11.8 Å². The van der Waals surface area contributed by atoms with Gasteiger partial charge in [0.25, 0.3) is 0 Å². The van der Waals surface area contributed by atoms with E-state index in [1.807, 2.05) is 35.2 Å². The summed E-state index contributed by atoms with van der Waals surface area (Å²) in [5.74, 6) is 0.435. The number of hydrogen-bond acceptors (Lipinski definition) is 3. The molecule has 2 amide bonds. The minimum absolute atomic E-state index is 0.00172. The summed E-state index contributed by atoms with van der Waals surface area (Å²) < 4.78 is 18.5. The Morgan fingerprint density at radius 2 is 1.70 bits per heavy atom. The Bertz CT molecular complexity index is 701. The van der Waals surface area contributed by atoms with Crippen molar-refractivity contribution in [1.29, 1.82) is 0 Å². The van der Waals surface area contributed by atoms with Gasteiger partial charge in [0.2, 0.25) is 0 Å². The summed E-state index contributed by atoms with van der Waals surface area (Å²) in [6.45, 7) is 5.30. The van der Waals surface area contributed by atoms with Crippen molar-refractivity contribution in [3.8, 4) is 5.75 Å². The molecule has 0 atom stereocenters. The molecule has 1 N–H and O–H groups in total. The summed E-state index contributed by atoms with van der Waals surface area (Å²) in [7, 11) is 0. The van der Waals surface area contributed by atoms with Crippen molar-refractivity contribution >= 4 is 6.03 Å². The van der Waals surface area contributed by atoms with Crippen molar-refractivity contribution in [1.82, 2.24) is 15.1 Å². The molecule has 1 aliphatic heterocycles. The van der Waals surface area contributed by atoms with Crippen LogP contribution in [0.15, 0.2) is 54.6 Å². The maximum absolute atomic E-state index is 12.8. The Labute approximate surface area is 159 Å². The third-order valence-corrected chi connectivity index (χ3v) is 4.65. The predicted octanol–water partition coefficient (Wildman–Crippen LogP) is 3.12. The van der Waals surface area contributed by atoms with Crippen LogP contribution in [0.5, 0.6) is 5.75 Å². The summed E-state index contributed by atoms with van der Waals surface area (Å²) in [6, 6.07) is 16.0. The molecule has 0 saturated carbocycles. The second-order valence-electron chi connectivity index (χ2n) is 6.63. The first kappa shape index (κ1) is 19.2. The van der Waals surface area contributed by atoms with Crippen LogP contribution < -0.4 is 10.1 Å². The zero-order chi connectivity index (χ0) is 18.9. The standard InChI is InChI=1S/C21H26FN3O2/c22-19-7-9-20(10-8-19)27-16-4-11-24-12-14-25(15-13-24)21(26)23-17-18-5-2-1-3-6-18/h1-3,5-10H,4,11-17H2,(H,23,26). The lowest BCUT2D eigenvalue weighted by Gasteiger charge is -2.34. The van der Waals surface area contributed by atoms with E-state index >= 15 is 0 Å². The van der Waals surface area contributed by atoms with Crippen molar-refractivity contribution < 1.29 is 13.9 Å². The highest BCUT2D eigenvalue weighted by Gasteiger charge is 2.20. The number of rotatable bonds is 7. The molecule has 5 nitrogen and oxygen atoms in total. The molecule has 1 heterocycles. The second-order valence-corrected chi connectivity index (χ2v) is 6.63. The predicted molar refractivity (Wildman–Crippen MR) is 103 cm³/mol. The molecular weight excluding hydrogens is 345 g/mol. The quantitative estimate of drug-likeness (QED) is 0.761. The van der Waals surface area contributed by atoms with Gasteiger partial charge in [-0.3, -0.25) is 4.90 Å². The zero-order valence-electron chi connectivity index (χ0n) is 15.4. The zero-order valence-corrected chi connectivity index (χ0v) is 15.4. The number of nitrogens with one attached hydrogen (secondary N) is 1. The fourth-order valence-electron chi connectivity index (χ4n) is 3.07. The van der Waals surface area contributed by atoms with Crippen LogP contribution in [0.25, 0.3) is 0 Å². The monoisotopic (exact) mass is 371 g/mol. The number of benzene rings is 2. The van der Waals surface area contributed by atoms with E-state index in [0.717, 1.165) is 44.7 Å². The topological polar surface area (TPSA) is 44.8 Å². The van der Waals surface area contributed by atoms with Gasteiger partial charge in [0.15, 0.2) is 0 Å². The van der Waals surface area contributed by atoms with Gasteiger partial charge in [-0.25, -0.2) is 9.18 Å². The maximum atomic E-state index is 12.8. The first-order valence-corrected chi connectivity index (χ1v) is 9.38. The summed E-state index contributed by atoms with van der Waals surface area (Å²) >= 11 is 0. The van der Waals surface area contributed by atoms with Crippen molar-refractivity contribution in [2.24, 2.45) is 0 Å². The van der Waals surface area contributed by atoms with Gasteiger partial charge in [0.05, 0.1) is 6.61 Å². The molecule has 0 aliphatic carbocycles. The largest absolute Gasteiger partial charge is 0.494 e. The molecule has 1 fully saturated rings. The third-order valence-electron chi connectivity index (χ3n) is 4.65. The normalized spacial score (nSPS) is 14.8. The van der Waals surface area contributed by atoms with E-state index in [2.05, 4.69) is 10.2 Å². The molecule has 0 aromatic heterocycles. The highest BCUT2D eigenvalue weighted by molar-refractivity contribution is 5.74. The molecule has 27 heavy (non-hydrogen) atoms. The molecule has 1 saturated heterocycles. The Balaban J connectivity index is 1.29. The average Bonchev–Trinajstić information content (AvgIpc) is 2.72. The first-order valence-electron chi connectivity index (χ1n) is 9.38. The van der Waals surface area contributed by atoms with Gasteiger partial charge in [-0.2, -0.15) is 0 Å². The van der Waals surface area contributed by atoms with Crippen LogP contribution in [0.4, 0.5) is 9.18 Å². The molecule has 3 rings (SSSR count). The molecule has 0 unspecified atom stereocenters. The van der Waals surface area contributed by atoms with E-state index in [4.69, 9.17) is 4.74 Å². The average molecular weight is 371 g/mol. The summed E-state index contributed by atoms with van der Waals surface area (Å²) in [5, 5.41) is 2.98. The number of hydrogen-bond donors (Lipinski definition) is 1. The molecule has 0 radical (unpaired) electrons. The number of carbonyl (C=O) groups is 1. The van der Waals surface area contributed by atoms with Crippen LogP contribution in [0.1, 0.15) is 12.0 Å². The fraction of sp³-hybridized carbons (Fsp3) is 0.381. The molecule has 2 aromatic carbocycles. The number of urea groups is 1. The van der Waals surface area contributed by atoms with Crippen molar-refractivity contribution in [3.63, 3.8) is 0 Å². The molecule has 2 aromatic rings. The number of carbonyl (C=O) groups excluding carboxylic acids is 1. The minimum Gasteiger partial charge on any atom is -0.494 e. The van der Waals surface area contributed by atoms with Crippen molar-refractivity contribution in [3.05, 3.63) is 66.0 Å². The Morgan fingerprint density at radius 3 is 2.41 bits per heavy atom. The number of amides is 2. The van der Waals surface area contributed by atoms with Gasteiger partial charge in [-0.15, -0.1) is 0 Å². The molecule has 144 valence electrons. The van der Waals surface area contributed by atoms with Gasteiger partial charge < -0.3 is 15.0 Å². The highest BCUT2D eigenvalue weighted by Crippen LogP contribution is 2.11. The first-order chi connectivity index (χ1) is 13.2. The molecule has 6 heteroatoms. The lowest BCUT2D eigenvalue weighted by atomic mass is 10.2. The Morgan fingerprint density at radius 1 is 1.00 bits per heavy atom. The number of ether oxygens (including phenoxy) is 1. The summed E-state index contributed by atoms with van der Waals surface area (Å²) in [6.07, 6.45) is 0.900. The Kier molecular flexibility index (Phi) is 7.04. The van der Waals surface area contributed by atoms with Crippen LogP contribution in [-0.2, 0) is 6.54 Å². The number of nitrogens with zero attached hydrogens (tertiary/aromatic N) is 2. The van der Waals surface area contributed by atoms with Gasteiger partial charge in [-0.1, -0.05) is 30.3 Å². The van der Waals surface area contributed by atoms with Gasteiger partial charge in [0.1, 0.15) is 11.6 Å². The fourth-order valence-corrected chi connectivity index (χ4v) is 3.07. The van der Waals surface area contributed by atoms with E-state index in [9.17, 15) is 9.18 Å². The van der Waals surface area contributed by atoms with Crippen molar-refractivity contribution in [2.45, 2.75) is 13.0 Å². The molecule has 0 bridgehead atoms. The van der Waals surface area contributed by atoms with E-state index in [1.54, 1.807) is 12.1 Å². The molecule has 1 aliphatic rings. The van der Waals surface area contributed by atoms with Crippen LogP contribution in [-0.4, -0.2) is 55.2 Å². The lowest BCUT2D eigenvalue weighted by molar-refractivity contribution is 0.134. The lowest BCUT2D eigenvalue weighted by Crippen LogP contribution is -2.51. The van der Waals surface area contributed by atoms with Gasteiger partial charge in [0, 0.05) is 39.3 Å². The molecular formula is C21H26FN3O2. The Hall–Kier alpha value is -2.60. The smallest absolute Gasteiger partial charge is 0.317 e. The second kappa shape index (κ2) is 9.92. The van der Waals surface area contributed by atoms with Crippen LogP contribution in [0, 0.1) is 5.82 Å². The summed E-state index contributed by atoms with van der Waals surface area (Å²) in [5.41, 5.74) is 1.10. The number of halogens is 1. The minimum atomic E-state index is -0.256. The van der Waals surface area contributed by atoms with Crippen LogP contribution in [0.2, 0.25) is 0 Å². The maximum Gasteiger partial charge on any atom is 0.317 e.